The Labute approximate surface area is 126 Å². The molecule has 0 amide bonds. The maximum atomic E-state index is 9.64. The molecule has 2 rings (SSSR count). The fourth-order valence-electron chi connectivity index (χ4n) is 2.98. The minimum absolute atomic E-state index is 0.179. The van der Waals surface area contributed by atoms with Gasteiger partial charge < -0.3 is 10.4 Å². The van der Waals surface area contributed by atoms with Crippen molar-refractivity contribution in [1.29, 1.82) is 0 Å². The van der Waals surface area contributed by atoms with Crippen molar-refractivity contribution in [3.05, 3.63) is 15.6 Å². The summed E-state index contributed by atoms with van der Waals surface area (Å²) < 4.78 is 0. The number of aromatic nitrogens is 1. The van der Waals surface area contributed by atoms with Crippen LogP contribution in [0.15, 0.2) is 0 Å². The molecule has 2 N–H and O–H groups in total. The molecule has 0 aromatic carbocycles. The Kier molecular flexibility index (Phi) is 5.21. The molecule has 0 radical (unpaired) electrons. The first-order valence-electron chi connectivity index (χ1n) is 7.78. The van der Waals surface area contributed by atoms with Crippen LogP contribution in [0.4, 0.5) is 0 Å². The van der Waals surface area contributed by atoms with E-state index in [0.29, 0.717) is 6.04 Å². The average Bonchev–Trinajstić information content (AvgIpc) is 2.80. The second kappa shape index (κ2) is 6.54. The van der Waals surface area contributed by atoms with Crippen molar-refractivity contribution in [3.8, 4) is 0 Å². The van der Waals surface area contributed by atoms with E-state index in [4.69, 9.17) is 4.98 Å². The van der Waals surface area contributed by atoms with Crippen LogP contribution >= 0.6 is 11.3 Å². The lowest BCUT2D eigenvalue weighted by Gasteiger charge is -2.31. The quantitative estimate of drug-likeness (QED) is 0.874. The number of hydrogen-bond donors (Lipinski definition) is 2. The van der Waals surface area contributed by atoms with E-state index in [1.54, 1.807) is 0 Å². The Bertz CT molecular complexity index is 436. The Morgan fingerprint density at radius 1 is 1.45 bits per heavy atom. The lowest BCUT2D eigenvalue weighted by molar-refractivity contribution is 0.185. The third-order valence-electron chi connectivity index (χ3n) is 3.81. The van der Waals surface area contributed by atoms with Crippen LogP contribution < -0.4 is 5.32 Å². The van der Waals surface area contributed by atoms with E-state index in [-0.39, 0.29) is 18.1 Å². The molecule has 20 heavy (non-hydrogen) atoms. The standard InChI is InChI=1S/C16H28N2OS/c1-5-14-18-13-8-6-7-12(15(13)20-14)17-11(10-19)9-16(2,3)4/h11-12,17,19H,5-10H2,1-4H3. The molecule has 1 aliphatic carbocycles. The summed E-state index contributed by atoms with van der Waals surface area (Å²) in [6, 6.07) is 0.564. The fourth-order valence-corrected chi connectivity index (χ4v) is 4.13. The number of nitrogens with zero attached hydrogens (tertiary/aromatic N) is 1. The molecule has 1 aromatic heterocycles. The molecule has 0 fully saturated rings. The summed E-state index contributed by atoms with van der Waals surface area (Å²) in [5, 5.41) is 14.6. The van der Waals surface area contributed by atoms with E-state index < -0.39 is 0 Å². The van der Waals surface area contributed by atoms with Crippen molar-refractivity contribution in [3.63, 3.8) is 0 Å². The van der Waals surface area contributed by atoms with Crippen LogP contribution in [-0.2, 0) is 12.8 Å². The van der Waals surface area contributed by atoms with Crippen LogP contribution in [-0.4, -0.2) is 22.7 Å². The predicted octanol–water partition coefficient (Wildman–Crippen LogP) is 3.47. The molecule has 114 valence electrons. The maximum Gasteiger partial charge on any atom is 0.0928 e. The summed E-state index contributed by atoms with van der Waals surface area (Å²) in [6.07, 6.45) is 5.50. The molecule has 0 aliphatic heterocycles. The highest BCUT2D eigenvalue weighted by atomic mass is 32.1. The lowest BCUT2D eigenvalue weighted by atomic mass is 9.87. The van der Waals surface area contributed by atoms with Crippen molar-refractivity contribution in [2.24, 2.45) is 5.41 Å². The summed E-state index contributed by atoms with van der Waals surface area (Å²) in [4.78, 5) is 6.16. The van der Waals surface area contributed by atoms with E-state index >= 15 is 0 Å². The van der Waals surface area contributed by atoms with Gasteiger partial charge in [0.15, 0.2) is 0 Å². The third kappa shape index (κ3) is 4.03. The minimum Gasteiger partial charge on any atom is -0.395 e. The van der Waals surface area contributed by atoms with Crippen molar-refractivity contribution >= 4 is 11.3 Å². The highest BCUT2D eigenvalue weighted by Gasteiger charge is 2.27. The Hall–Kier alpha value is -0.450. The summed E-state index contributed by atoms with van der Waals surface area (Å²) >= 11 is 1.86. The molecule has 3 nitrogen and oxygen atoms in total. The van der Waals surface area contributed by atoms with Crippen molar-refractivity contribution in [2.75, 3.05) is 6.61 Å². The monoisotopic (exact) mass is 296 g/mol. The summed E-state index contributed by atoms with van der Waals surface area (Å²) in [6.45, 7) is 9.06. The van der Waals surface area contributed by atoms with Crippen molar-refractivity contribution in [1.82, 2.24) is 10.3 Å². The SMILES string of the molecule is CCc1nc2c(s1)C(NC(CO)CC(C)(C)C)CCC2. The lowest BCUT2D eigenvalue weighted by Crippen LogP contribution is -2.39. The van der Waals surface area contributed by atoms with Gasteiger partial charge in [-0.25, -0.2) is 4.98 Å². The van der Waals surface area contributed by atoms with Crippen molar-refractivity contribution < 1.29 is 5.11 Å². The van der Waals surface area contributed by atoms with Gasteiger partial charge >= 0.3 is 0 Å². The molecule has 1 aromatic rings. The first-order valence-corrected chi connectivity index (χ1v) is 8.60. The number of aliphatic hydroxyl groups is 1. The van der Waals surface area contributed by atoms with Gasteiger partial charge in [-0.1, -0.05) is 27.7 Å². The molecule has 2 atom stereocenters. The minimum atomic E-state index is 0.179. The zero-order valence-corrected chi connectivity index (χ0v) is 14.0. The number of nitrogens with one attached hydrogen (secondary N) is 1. The highest BCUT2D eigenvalue weighted by Crippen LogP contribution is 2.35. The van der Waals surface area contributed by atoms with E-state index in [9.17, 15) is 5.11 Å². The van der Waals surface area contributed by atoms with Crippen LogP contribution in [0.2, 0.25) is 0 Å². The van der Waals surface area contributed by atoms with Gasteiger partial charge in [-0.15, -0.1) is 11.3 Å². The highest BCUT2D eigenvalue weighted by molar-refractivity contribution is 7.11. The molecule has 4 heteroatoms. The number of thiazole rings is 1. The van der Waals surface area contributed by atoms with Crippen molar-refractivity contribution in [2.45, 2.75) is 71.9 Å². The zero-order valence-electron chi connectivity index (χ0n) is 13.2. The first-order chi connectivity index (χ1) is 9.43. The van der Waals surface area contributed by atoms with E-state index in [1.165, 1.54) is 28.4 Å². The first kappa shape index (κ1) is 15.9. The fraction of sp³-hybridized carbons (Fsp3) is 0.812. The van der Waals surface area contributed by atoms with Crippen LogP contribution in [0.25, 0.3) is 0 Å². The molecule has 2 unspecified atom stereocenters. The smallest absolute Gasteiger partial charge is 0.0928 e. The van der Waals surface area contributed by atoms with E-state index in [1.807, 2.05) is 11.3 Å². The summed E-state index contributed by atoms with van der Waals surface area (Å²) in [7, 11) is 0. The number of hydrogen-bond acceptors (Lipinski definition) is 4. The molecule has 0 spiro atoms. The molecule has 0 saturated heterocycles. The molecule has 1 aliphatic rings. The number of aliphatic hydroxyl groups excluding tert-OH is 1. The van der Waals surface area contributed by atoms with Gasteiger partial charge in [0.1, 0.15) is 0 Å². The van der Waals surface area contributed by atoms with E-state index in [2.05, 4.69) is 33.0 Å². The molecule has 0 bridgehead atoms. The largest absolute Gasteiger partial charge is 0.395 e. The molecular formula is C16H28N2OS. The topological polar surface area (TPSA) is 45.2 Å². The van der Waals surface area contributed by atoms with Gasteiger partial charge in [-0.2, -0.15) is 0 Å². The Balaban J connectivity index is 2.08. The van der Waals surface area contributed by atoms with Gasteiger partial charge in [0.2, 0.25) is 0 Å². The number of rotatable bonds is 5. The summed E-state index contributed by atoms with van der Waals surface area (Å²) in [5.74, 6) is 0. The number of aryl methyl sites for hydroxylation is 2. The van der Waals surface area contributed by atoms with Crippen LogP contribution in [0.1, 0.15) is 68.6 Å². The Morgan fingerprint density at radius 3 is 2.80 bits per heavy atom. The van der Waals surface area contributed by atoms with Crippen LogP contribution in [0, 0.1) is 5.41 Å². The van der Waals surface area contributed by atoms with Gasteiger partial charge in [-0.3, -0.25) is 0 Å². The van der Waals surface area contributed by atoms with Crippen LogP contribution in [0.3, 0.4) is 0 Å². The normalized spacial score (nSPS) is 20.8. The zero-order chi connectivity index (χ0) is 14.8. The van der Waals surface area contributed by atoms with E-state index in [0.717, 1.165) is 19.3 Å². The second-order valence-electron chi connectivity index (χ2n) is 7.03. The summed E-state index contributed by atoms with van der Waals surface area (Å²) in [5.41, 5.74) is 1.53. The predicted molar refractivity (Wildman–Crippen MR) is 85.3 cm³/mol. The van der Waals surface area contributed by atoms with Gasteiger partial charge in [0, 0.05) is 17.0 Å². The Morgan fingerprint density at radius 2 is 2.20 bits per heavy atom. The third-order valence-corrected chi connectivity index (χ3v) is 5.17. The number of fused-ring (bicyclic) bond motifs is 1. The van der Waals surface area contributed by atoms with Gasteiger partial charge in [0.05, 0.1) is 17.3 Å². The maximum absolute atomic E-state index is 9.64. The average molecular weight is 296 g/mol. The second-order valence-corrected chi connectivity index (χ2v) is 8.14. The molecule has 1 heterocycles. The van der Waals surface area contributed by atoms with Gasteiger partial charge in [0.25, 0.3) is 0 Å². The van der Waals surface area contributed by atoms with Crippen LogP contribution in [0.5, 0.6) is 0 Å². The molecule has 0 saturated carbocycles. The molecular weight excluding hydrogens is 268 g/mol. The van der Waals surface area contributed by atoms with Gasteiger partial charge in [-0.05, 0) is 37.5 Å².